The van der Waals surface area contributed by atoms with Gasteiger partial charge in [-0.3, -0.25) is 4.79 Å². The Hall–Kier alpha value is -2.24. The second kappa shape index (κ2) is 5.81. The number of benzene rings is 1. The van der Waals surface area contributed by atoms with E-state index < -0.39 is 0 Å². The van der Waals surface area contributed by atoms with Gasteiger partial charge in [0, 0.05) is 5.71 Å². The van der Waals surface area contributed by atoms with Crippen LogP contribution in [0.25, 0.3) is 0 Å². The Morgan fingerprint density at radius 1 is 1.15 bits per heavy atom. The van der Waals surface area contributed by atoms with Gasteiger partial charge in [-0.2, -0.15) is 5.10 Å². The van der Waals surface area contributed by atoms with Gasteiger partial charge < -0.3 is 14.2 Å². The smallest absolute Gasteiger partial charge is 0.249 e. The summed E-state index contributed by atoms with van der Waals surface area (Å²) in [6, 6.07) is 3.69. The predicted molar refractivity (Wildman–Crippen MR) is 74.5 cm³/mol. The molecule has 0 aliphatic carbocycles. The van der Waals surface area contributed by atoms with E-state index in [-0.39, 0.29) is 11.8 Å². The van der Waals surface area contributed by atoms with E-state index in [2.05, 4.69) is 10.5 Å². The van der Waals surface area contributed by atoms with E-state index in [1.807, 2.05) is 19.1 Å². The molecule has 0 fully saturated rings. The van der Waals surface area contributed by atoms with Crippen LogP contribution in [0.3, 0.4) is 0 Å². The van der Waals surface area contributed by atoms with Crippen molar-refractivity contribution in [2.45, 2.75) is 13.3 Å². The topological polar surface area (TPSA) is 69.2 Å². The van der Waals surface area contributed by atoms with Gasteiger partial charge >= 0.3 is 0 Å². The summed E-state index contributed by atoms with van der Waals surface area (Å²) in [5.74, 6) is 1.36. The van der Waals surface area contributed by atoms with Crippen molar-refractivity contribution < 1.29 is 19.0 Å². The third-order valence-electron chi connectivity index (χ3n) is 3.33. The summed E-state index contributed by atoms with van der Waals surface area (Å²) >= 11 is 0. The Morgan fingerprint density at radius 2 is 1.75 bits per heavy atom. The molecule has 1 N–H and O–H groups in total. The minimum Gasteiger partial charge on any atom is -0.493 e. The number of hydrogen-bond donors (Lipinski definition) is 1. The second-order valence-corrected chi connectivity index (χ2v) is 4.52. The molecule has 1 unspecified atom stereocenters. The molecule has 0 radical (unpaired) electrons. The normalized spacial score (nSPS) is 17.5. The monoisotopic (exact) mass is 278 g/mol. The lowest BCUT2D eigenvalue weighted by molar-refractivity contribution is -0.122. The molecule has 0 spiro atoms. The van der Waals surface area contributed by atoms with Gasteiger partial charge in [-0.1, -0.05) is 0 Å². The van der Waals surface area contributed by atoms with Crippen molar-refractivity contribution in [2.24, 2.45) is 11.0 Å². The Morgan fingerprint density at radius 3 is 2.15 bits per heavy atom. The molecule has 0 saturated carbocycles. The van der Waals surface area contributed by atoms with E-state index in [1.54, 1.807) is 21.3 Å². The molecule has 20 heavy (non-hydrogen) atoms. The van der Waals surface area contributed by atoms with E-state index in [0.29, 0.717) is 23.7 Å². The molecule has 1 aliphatic heterocycles. The summed E-state index contributed by atoms with van der Waals surface area (Å²) in [6.07, 6.45) is 0.540. The van der Waals surface area contributed by atoms with Crippen LogP contribution >= 0.6 is 0 Å². The van der Waals surface area contributed by atoms with Crippen molar-refractivity contribution in [3.8, 4) is 17.2 Å². The molecule has 1 amide bonds. The van der Waals surface area contributed by atoms with Gasteiger partial charge in [0.25, 0.3) is 0 Å². The molecule has 2 rings (SSSR count). The van der Waals surface area contributed by atoms with Crippen molar-refractivity contribution in [1.82, 2.24) is 5.43 Å². The van der Waals surface area contributed by atoms with Crippen LogP contribution < -0.4 is 19.6 Å². The molecule has 0 aromatic heterocycles. The van der Waals surface area contributed by atoms with Crippen LogP contribution in [0.4, 0.5) is 0 Å². The van der Waals surface area contributed by atoms with Gasteiger partial charge in [-0.25, -0.2) is 5.43 Å². The van der Waals surface area contributed by atoms with Gasteiger partial charge in [0.2, 0.25) is 11.7 Å². The van der Waals surface area contributed by atoms with Crippen molar-refractivity contribution in [2.75, 3.05) is 21.3 Å². The van der Waals surface area contributed by atoms with Gasteiger partial charge in [0.15, 0.2) is 11.5 Å². The van der Waals surface area contributed by atoms with E-state index in [9.17, 15) is 4.79 Å². The predicted octanol–water partition coefficient (Wildman–Crippen LogP) is 1.38. The molecule has 1 aromatic carbocycles. The number of amides is 1. The largest absolute Gasteiger partial charge is 0.493 e. The third kappa shape index (κ3) is 2.54. The highest BCUT2D eigenvalue weighted by Crippen LogP contribution is 2.38. The van der Waals surface area contributed by atoms with Crippen molar-refractivity contribution >= 4 is 11.6 Å². The van der Waals surface area contributed by atoms with Crippen molar-refractivity contribution in [3.63, 3.8) is 0 Å². The number of hydrazone groups is 1. The van der Waals surface area contributed by atoms with Crippen LogP contribution in [-0.2, 0) is 11.2 Å². The number of carbonyl (C=O) groups is 1. The van der Waals surface area contributed by atoms with E-state index in [1.165, 1.54) is 0 Å². The summed E-state index contributed by atoms with van der Waals surface area (Å²) in [4.78, 5) is 11.7. The maximum atomic E-state index is 11.7. The van der Waals surface area contributed by atoms with Gasteiger partial charge in [-0.15, -0.1) is 0 Å². The summed E-state index contributed by atoms with van der Waals surface area (Å²) in [5.41, 5.74) is 4.19. The number of methoxy groups -OCH3 is 3. The maximum Gasteiger partial charge on any atom is 0.249 e. The number of ether oxygens (including phenoxy) is 3. The van der Waals surface area contributed by atoms with E-state index in [4.69, 9.17) is 14.2 Å². The first kappa shape index (κ1) is 14.2. The van der Waals surface area contributed by atoms with E-state index in [0.717, 1.165) is 11.3 Å². The molecule has 1 atom stereocenters. The lowest BCUT2D eigenvalue weighted by Crippen LogP contribution is -2.24. The van der Waals surface area contributed by atoms with Gasteiger partial charge in [0.1, 0.15) is 0 Å². The number of hydrogen-bond acceptors (Lipinski definition) is 5. The van der Waals surface area contributed by atoms with Crippen LogP contribution in [0.5, 0.6) is 17.2 Å². The zero-order valence-electron chi connectivity index (χ0n) is 12.0. The van der Waals surface area contributed by atoms with E-state index >= 15 is 0 Å². The summed E-state index contributed by atoms with van der Waals surface area (Å²) in [5, 5.41) is 3.94. The SMILES string of the molecule is COc1cc(CC2C(=O)NN=C2C)cc(OC)c1OC. The lowest BCUT2D eigenvalue weighted by atomic mass is 9.95. The first-order valence-electron chi connectivity index (χ1n) is 6.23. The van der Waals surface area contributed by atoms with Crippen LogP contribution in [0.15, 0.2) is 17.2 Å². The number of carbonyl (C=O) groups excluding carboxylic acids is 1. The molecule has 1 aromatic rings. The highest BCUT2D eigenvalue weighted by molar-refractivity contribution is 6.07. The fourth-order valence-electron chi connectivity index (χ4n) is 2.22. The van der Waals surface area contributed by atoms with Gasteiger partial charge in [0.05, 0.1) is 27.2 Å². The summed E-state index contributed by atoms with van der Waals surface area (Å²) in [7, 11) is 4.69. The van der Waals surface area contributed by atoms with Crippen molar-refractivity contribution in [3.05, 3.63) is 17.7 Å². The Bertz CT molecular complexity index is 529. The molecule has 108 valence electrons. The Labute approximate surface area is 117 Å². The highest BCUT2D eigenvalue weighted by Gasteiger charge is 2.27. The molecule has 6 heteroatoms. The van der Waals surface area contributed by atoms with Gasteiger partial charge in [-0.05, 0) is 31.0 Å². The van der Waals surface area contributed by atoms with Crippen LogP contribution in [0, 0.1) is 5.92 Å². The maximum absolute atomic E-state index is 11.7. The first-order chi connectivity index (χ1) is 9.60. The quantitative estimate of drug-likeness (QED) is 0.883. The molecular weight excluding hydrogens is 260 g/mol. The molecule has 1 aliphatic rings. The molecule has 0 bridgehead atoms. The van der Waals surface area contributed by atoms with Crippen LogP contribution in [0.1, 0.15) is 12.5 Å². The summed E-state index contributed by atoms with van der Waals surface area (Å²) < 4.78 is 15.9. The zero-order valence-corrected chi connectivity index (χ0v) is 12.0. The fourth-order valence-corrected chi connectivity index (χ4v) is 2.22. The standard InChI is InChI=1S/C14H18N2O4/c1-8-10(14(17)16-15-8)5-9-6-11(18-2)13(20-4)12(7-9)19-3/h6-7,10H,5H2,1-4H3,(H,16,17). The minimum atomic E-state index is -0.252. The Kier molecular flexibility index (Phi) is 4.12. The lowest BCUT2D eigenvalue weighted by Gasteiger charge is -2.15. The van der Waals surface area contributed by atoms with Crippen LogP contribution in [0.2, 0.25) is 0 Å². The third-order valence-corrected chi connectivity index (χ3v) is 3.33. The van der Waals surface area contributed by atoms with Crippen LogP contribution in [-0.4, -0.2) is 32.9 Å². The first-order valence-corrected chi connectivity index (χ1v) is 6.23. The average molecular weight is 278 g/mol. The number of nitrogens with zero attached hydrogens (tertiary/aromatic N) is 1. The molecule has 0 saturated heterocycles. The minimum absolute atomic E-state index is 0.0868. The van der Waals surface area contributed by atoms with Crippen molar-refractivity contribution in [1.29, 1.82) is 0 Å². The average Bonchev–Trinajstić information content (AvgIpc) is 2.77. The highest BCUT2D eigenvalue weighted by atomic mass is 16.5. The second-order valence-electron chi connectivity index (χ2n) is 4.52. The molecule has 6 nitrogen and oxygen atoms in total. The number of rotatable bonds is 5. The fraction of sp³-hybridized carbons (Fsp3) is 0.429. The molecular formula is C14H18N2O4. The molecule has 1 heterocycles. The zero-order chi connectivity index (χ0) is 14.7. The Balaban J connectivity index is 2.33. The summed E-state index contributed by atoms with van der Waals surface area (Å²) in [6.45, 7) is 1.83. The number of nitrogens with one attached hydrogen (secondary N) is 1.